The van der Waals surface area contributed by atoms with Crippen LogP contribution < -0.4 is 5.32 Å². The fraction of sp³-hybridized carbons (Fsp3) is 0.0625. The second-order valence-electron chi connectivity index (χ2n) is 4.85. The lowest BCUT2D eigenvalue weighted by Gasteiger charge is -2.05. The van der Waals surface area contributed by atoms with Crippen LogP contribution in [0.4, 0.5) is 10.1 Å². The molecule has 3 rings (SSSR count). The molecule has 0 aliphatic rings. The summed E-state index contributed by atoms with van der Waals surface area (Å²) in [7, 11) is 0. The third-order valence-corrected chi connectivity index (χ3v) is 4.59. The van der Waals surface area contributed by atoms with Gasteiger partial charge in [-0.3, -0.25) is 4.79 Å². The van der Waals surface area contributed by atoms with Crippen molar-refractivity contribution >= 4 is 46.6 Å². The lowest BCUT2D eigenvalue weighted by molar-refractivity contribution is -0.113. The Kier molecular flexibility index (Phi) is 5.57. The van der Waals surface area contributed by atoms with Crippen molar-refractivity contribution in [3.05, 3.63) is 58.3 Å². The van der Waals surface area contributed by atoms with Crippen LogP contribution in [0.2, 0.25) is 10.0 Å². The van der Waals surface area contributed by atoms with Crippen LogP contribution in [0.3, 0.4) is 0 Å². The summed E-state index contributed by atoms with van der Waals surface area (Å²) in [4.78, 5) is 12.0. The number of thioether (sulfide) groups is 1. The number of hydrogen-bond acceptors (Lipinski definition) is 5. The molecule has 0 saturated carbocycles. The first-order valence-electron chi connectivity index (χ1n) is 6.98. The highest BCUT2D eigenvalue weighted by Gasteiger charge is 2.12. The normalized spacial score (nSPS) is 10.7. The number of carbonyl (C=O) groups is 1. The van der Waals surface area contributed by atoms with Gasteiger partial charge in [0.15, 0.2) is 0 Å². The van der Waals surface area contributed by atoms with E-state index in [9.17, 15) is 9.18 Å². The zero-order chi connectivity index (χ0) is 17.8. The molecule has 5 nitrogen and oxygen atoms in total. The van der Waals surface area contributed by atoms with E-state index in [1.807, 2.05) is 0 Å². The summed E-state index contributed by atoms with van der Waals surface area (Å²) < 4.78 is 18.4. The molecule has 1 N–H and O–H groups in total. The first-order chi connectivity index (χ1) is 12.0. The Morgan fingerprint density at radius 2 is 1.88 bits per heavy atom. The molecule has 2 aromatic carbocycles. The van der Waals surface area contributed by atoms with Gasteiger partial charge >= 0.3 is 0 Å². The predicted molar refractivity (Wildman–Crippen MR) is 95.5 cm³/mol. The van der Waals surface area contributed by atoms with Crippen molar-refractivity contribution in [2.24, 2.45) is 0 Å². The fourth-order valence-corrected chi connectivity index (χ4v) is 2.74. The van der Waals surface area contributed by atoms with Gasteiger partial charge in [0.2, 0.25) is 11.8 Å². The van der Waals surface area contributed by atoms with Gasteiger partial charge in [0.25, 0.3) is 5.22 Å². The topological polar surface area (TPSA) is 68.0 Å². The maximum atomic E-state index is 12.9. The van der Waals surface area contributed by atoms with Crippen LogP contribution in [0.25, 0.3) is 11.5 Å². The van der Waals surface area contributed by atoms with Crippen molar-refractivity contribution in [2.75, 3.05) is 11.1 Å². The SMILES string of the molecule is O=C(CSc1nnc(-c2ccc(F)cc2)o1)Nc1ccc(Cl)c(Cl)c1. The summed E-state index contributed by atoms with van der Waals surface area (Å²) in [5.74, 6) is -0.278. The number of halogens is 3. The first kappa shape index (κ1) is 17.7. The van der Waals surface area contributed by atoms with Gasteiger partial charge in [0, 0.05) is 11.3 Å². The molecule has 0 atom stereocenters. The predicted octanol–water partition coefficient (Wildman–Crippen LogP) is 4.91. The molecule has 0 aliphatic heterocycles. The molecule has 0 spiro atoms. The Labute approximate surface area is 156 Å². The van der Waals surface area contributed by atoms with Crippen LogP contribution in [0.1, 0.15) is 0 Å². The molecule has 1 aromatic heterocycles. The molecule has 25 heavy (non-hydrogen) atoms. The van der Waals surface area contributed by atoms with E-state index in [0.29, 0.717) is 21.3 Å². The molecule has 0 bridgehead atoms. The van der Waals surface area contributed by atoms with E-state index in [0.717, 1.165) is 11.8 Å². The second-order valence-corrected chi connectivity index (χ2v) is 6.59. The molecular weight excluding hydrogens is 388 g/mol. The van der Waals surface area contributed by atoms with Crippen molar-refractivity contribution < 1.29 is 13.6 Å². The van der Waals surface area contributed by atoms with E-state index in [1.165, 1.54) is 24.3 Å². The molecule has 1 amide bonds. The van der Waals surface area contributed by atoms with Crippen LogP contribution in [-0.2, 0) is 4.79 Å². The number of nitrogens with zero attached hydrogens (tertiary/aromatic N) is 2. The number of carbonyl (C=O) groups excluding carboxylic acids is 1. The van der Waals surface area contributed by atoms with E-state index in [1.54, 1.807) is 18.2 Å². The molecule has 0 saturated heterocycles. The maximum Gasteiger partial charge on any atom is 0.277 e. The second kappa shape index (κ2) is 7.86. The standard InChI is InChI=1S/C16H10Cl2FN3O2S/c17-12-6-5-11(7-13(12)18)20-14(23)8-25-16-22-21-15(24-16)9-1-3-10(19)4-2-9/h1-7H,8H2,(H,20,23). The average molecular weight is 398 g/mol. The van der Waals surface area contributed by atoms with Gasteiger partial charge in [0.1, 0.15) is 5.82 Å². The maximum absolute atomic E-state index is 12.9. The molecule has 9 heteroatoms. The molecular formula is C16H10Cl2FN3O2S. The lowest BCUT2D eigenvalue weighted by atomic mass is 10.2. The number of nitrogens with one attached hydrogen (secondary N) is 1. The highest BCUT2D eigenvalue weighted by atomic mass is 35.5. The minimum Gasteiger partial charge on any atom is -0.411 e. The molecule has 128 valence electrons. The third-order valence-electron chi connectivity index (χ3n) is 3.03. The van der Waals surface area contributed by atoms with Crippen LogP contribution >= 0.6 is 35.0 Å². The fourth-order valence-electron chi connectivity index (χ4n) is 1.88. The van der Waals surface area contributed by atoms with Crippen LogP contribution in [0.15, 0.2) is 52.1 Å². The van der Waals surface area contributed by atoms with Crippen molar-refractivity contribution in [2.45, 2.75) is 5.22 Å². The first-order valence-corrected chi connectivity index (χ1v) is 8.72. The summed E-state index contributed by atoms with van der Waals surface area (Å²) in [6.07, 6.45) is 0. The van der Waals surface area contributed by atoms with Gasteiger partial charge < -0.3 is 9.73 Å². The van der Waals surface area contributed by atoms with E-state index in [2.05, 4.69) is 15.5 Å². The monoisotopic (exact) mass is 397 g/mol. The molecule has 1 heterocycles. The van der Waals surface area contributed by atoms with Crippen molar-refractivity contribution in [1.29, 1.82) is 0 Å². The summed E-state index contributed by atoms with van der Waals surface area (Å²) in [5, 5.41) is 11.4. The Morgan fingerprint density at radius 3 is 2.60 bits per heavy atom. The smallest absolute Gasteiger partial charge is 0.277 e. The minimum absolute atomic E-state index is 0.0747. The van der Waals surface area contributed by atoms with Gasteiger partial charge in [-0.1, -0.05) is 35.0 Å². The Bertz CT molecular complexity index is 903. The Morgan fingerprint density at radius 1 is 1.12 bits per heavy atom. The number of anilines is 1. The van der Waals surface area contributed by atoms with Crippen LogP contribution in [0.5, 0.6) is 0 Å². The van der Waals surface area contributed by atoms with Gasteiger partial charge in [-0.15, -0.1) is 10.2 Å². The van der Waals surface area contributed by atoms with Crippen LogP contribution in [-0.4, -0.2) is 21.9 Å². The van der Waals surface area contributed by atoms with Gasteiger partial charge in [-0.05, 0) is 42.5 Å². The van der Waals surface area contributed by atoms with Crippen LogP contribution in [0, 0.1) is 5.82 Å². The summed E-state index contributed by atoms with van der Waals surface area (Å²) in [6, 6.07) is 10.5. The highest BCUT2D eigenvalue weighted by molar-refractivity contribution is 7.99. The average Bonchev–Trinajstić information content (AvgIpc) is 3.06. The number of benzene rings is 2. The number of hydrogen-bond donors (Lipinski definition) is 1. The number of aromatic nitrogens is 2. The summed E-state index contributed by atoms with van der Waals surface area (Å²) in [5.41, 5.74) is 1.14. The number of amides is 1. The highest BCUT2D eigenvalue weighted by Crippen LogP contribution is 2.26. The molecule has 0 radical (unpaired) electrons. The third kappa shape index (κ3) is 4.72. The molecule has 3 aromatic rings. The van der Waals surface area contributed by atoms with E-state index in [4.69, 9.17) is 27.6 Å². The minimum atomic E-state index is -0.350. The molecule has 0 fully saturated rings. The molecule has 0 unspecified atom stereocenters. The van der Waals surface area contributed by atoms with Gasteiger partial charge in [-0.25, -0.2) is 4.39 Å². The van der Waals surface area contributed by atoms with E-state index in [-0.39, 0.29) is 28.6 Å². The molecule has 0 aliphatic carbocycles. The van der Waals surface area contributed by atoms with Crippen molar-refractivity contribution in [3.8, 4) is 11.5 Å². The number of rotatable bonds is 5. The summed E-state index contributed by atoms with van der Waals surface area (Å²) >= 11 is 12.8. The zero-order valence-electron chi connectivity index (χ0n) is 12.5. The lowest BCUT2D eigenvalue weighted by Crippen LogP contribution is -2.13. The quantitative estimate of drug-likeness (QED) is 0.619. The van der Waals surface area contributed by atoms with Crippen molar-refractivity contribution in [1.82, 2.24) is 10.2 Å². The van der Waals surface area contributed by atoms with Gasteiger partial charge in [-0.2, -0.15) is 0 Å². The van der Waals surface area contributed by atoms with E-state index >= 15 is 0 Å². The van der Waals surface area contributed by atoms with Crippen molar-refractivity contribution in [3.63, 3.8) is 0 Å². The van der Waals surface area contributed by atoms with E-state index < -0.39 is 0 Å². The summed E-state index contributed by atoms with van der Waals surface area (Å²) in [6.45, 7) is 0. The zero-order valence-corrected chi connectivity index (χ0v) is 14.8. The Hall–Kier alpha value is -2.09. The van der Waals surface area contributed by atoms with Gasteiger partial charge in [0.05, 0.1) is 15.8 Å². The Balaban J connectivity index is 1.57. The largest absolute Gasteiger partial charge is 0.411 e.